The molecule has 0 atom stereocenters. The van der Waals surface area contributed by atoms with E-state index in [4.69, 9.17) is 21.1 Å². The Morgan fingerprint density at radius 2 is 1.96 bits per heavy atom. The number of rotatable bonds is 5. The number of carbonyl (C=O) groups is 2. The van der Waals surface area contributed by atoms with E-state index in [9.17, 15) is 14.0 Å². The molecule has 0 spiro atoms. The molecule has 120 valence electrons. The van der Waals surface area contributed by atoms with Crippen LogP contribution in [0.25, 0.3) is 0 Å². The van der Waals surface area contributed by atoms with Crippen LogP contribution in [0.4, 0.5) is 10.1 Å². The number of hydrogen-bond donors (Lipinski definition) is 1. The van der Waals surface area contributed by atoms with Gasteiger partial charge >= 0.3 is 5.97 Å². The normalized spacial score (nSPS) is 10.0. The van der Waals surface area contributed by atoms with E-state index in [1.54, 1.807) is 12.1 Å². The van der Waals surface area contributed by atoms with Crippen LogP contribution < -0.4 is 10.1 Å². The van der Waals surface area contributed by atoms with Crippen molar-refractivity contribution < 1.29 is 23.5 Å². The maximum absolute atomic E-state index is 13.4. The monoisotopic (exact) mass is 337 g/mol. The minimum Gasteiger partial charge on any atom is -0.495 e. The Hall–Kier alpha value is -2.60. The van der Waals surface area contributed by atoms with Gasteiger partial charge in [0.05, 0.1) is 17.7 Å². The number of hydrogen-bond acceptors (Lipinski definition) is 4. The van der Waals surface area contributed by atoms with Crippen LogP contribution in [0.3, 0.4) is 0 Å². The molecule has 0 unspecified atom stereocenters. The summed E-state index contributed by atoms with van der Waals surface area (Å²) in [6, 6.07) is 10.0. The Bertz CT molecular complexity index is 736. The van der Waals surface area contributed by atoms with Crippen LogP contribution in [0, 0.1) is 5.82 Å². The molecule has 0 aliphatic carbocycles. The highest BCUT2D eigenvalue weighted by Crippen LogP contribution is 2.27. The van der Waals surface area contributed by atoms with Crippen molar-refractivity contribution in [2.45, 2.75) is 0 Å². The van der Waals surface area contributed by atoms with Crippen molar-refractivity contribution in [3.63, 3.8) is 0 Å². The van der Waals surface area contributed by atoms with E-state index < -0.39 is 24.3 Å². The van der Waals surface area contributed by atoms with Crippen LogP contribution in [0.15, 0.2) is 42.5 Å². The van der Waals surface area contributed by atoms with Gasteiger partial charge in [-0.2, -0.15) is 0 Å². The van der Waals surface area contributed by atoms with E-state index in [-0.39, 0.29) is 5.56 Å². The first-order chi connectivity index (χ1) is 11.0. The van der Waals surface area contributed by atoms with Gasteiger partial charge in [-0.1, -0.05) is 23.7 Å². The van der Waals surface area contributed by atoms with E-state index in [1.165, 1.54) is 31.4 Å². The maximum Gasteiger partial charge on any atom is 0.341 e. The van der Waals surface area contributed by atoms with Crippen molar-refractivity contribution in [3.8, 4) is 5.75 Å². The maximum atomic E-state index is 13.4. The summed E-state index contributed by atoms with van der Waals surface area (Å²) in [6.07, 6.45) is 0. The lowest BCUT2D eigenvalue weighted by Crippen LogP contribution is -2.21. The highest BCUT2D eigenvalue weighted by Gasteiger charge is 2.14. The van der Waals surface area contributed by atoms with Crippen LogP contribution in [0.1, 0.15) is 10.4 Å². The molecule has 2 rings (SSSR count). The summed E-state index contributed by atoms with van der Waals surface area (Å²) < 4.78 is 23.2. The van der Waals surface area contributed by atoms with Gasteiger partial charge in [-0.3, -0.25) is 4.79 Å². The zero-order valence-electron chi connectivity index (χ0n) is 12.1. The molecular weight excluding hydrogens is 325 g/mol. The Kier molecular flexibility index (Phi) is 5.54. The zero-order chi connectivity index (χ0) is 16.8. The van der Waals surface area contributed by atoms with Crippen LogP contribution in [0.5, 0.6) is 5.75 Å². The molecular formula is C16H13ClFNO4. The first-order valence-electron chi connectivity index (χ1n) is 6.56. The summed E-state index contributed by atoms with van der Waals surface area (Å²) in [7, 11) is 1.47. The van der Waals surface area contributed by atoms with E-state index >= 15 is 0 Å². The number of esters is 1. The van der Waals surface area contributed by atoms with Crippen molar-refractivity contribution >= 4 is 29.2 Å². The third-order valence-corrected chi connectivity index (χ3v) is 3.16. The molecule has 0 aliphatic heterocycles. The average Bonchev–Trinajstić information content (AvgIpc) is 2.53. The summed E-state index contributed by atoms with van der Waals surface area (Å²) in [5.41, 5.74) is 0.190. The van der Waals surface area contributed by atoms with Gasteiger partial charge in [0.15, 0.2) is 6.61 Å². The molecule has 0 fully saturated rings. The lowest BCUT2D eigenvalue weighted by Gasteiger charge is -2.09. The fourth-order valence-corrected chi connectivity index (χ4v) is 2.03. The molecule has 2 aromatic carbocycles. The number of nitrogens with one attached hydrogen (secondary N) is 1. The van der Waals surface area contributed by atoms with Crippen LogP contribution in [-0.4, -0.2) is 25.6 Å². The smallest absolute Gasteiger partial charge is 0.341 e. The molecule has 0 saturated carbocycles. The highest BCUT2D eigenvalue weighted by molar-refractivity contribution is 6.32. The number of benzene rings is 2. The Morgan fingerprint density at radius 3 is 2.61 bits per heavy atom. The van der Waals surface area contributed by atoms with Gasteiger partial charge in [0.25, 0.3) is 5.91 Å². The highest BCUT2D eigenvalue weighted by atomic mass is 35.5. The number of halogens is 2. The minimum absolute atomic E-state index is 0.229. The predicted molar refractivity (Wildman–Crippen MR) is 83.3 cm³/mol. The molecule has 0 heterocycles. The number of ether oxygens (including phenoxy) is 2. The average molecular weight is 338 g/mol. The molecule has 0 aromatic heterocycles. The van der Waals surface area contributed by atoms with E-state index in [0.29, 0.717) is 16.5 Å². The van der Waals surface area contributed by atoms with Crippen molar-refractivity contribution in [2.75, 3.05) is 19.0 Å². The second kappa shape index (κ2) is 7.60. The second-order valence-electron chi connectivity index (χ2n) is 4.45. The van der Waals surface area contributed by atoms with Gasteiger partial charge < -0.3 is 14.8 Å². The number of carbonyl (C=O) groups excluding carboxylic acids is 2. The molecule has 0 bridgehead atoms. The SMILES string of the molecule is COc1ccc(NC(=O)COC(=O)c2ccccc2F)cc1Cl. The van der Waals surface area contributed by atoms with Gasteiger partial charge in [0, 0.05) is 5.69 Å². The third-order valence-electron chi connectivity index (χ3n) is 2.86. The summed E-state index contributed by atoms with van der Waals surface area (Å²) >= 11 is 5.93. The first kappa shape index (κ1) is 16.8. The van der Waals surface area contributed by atoms with Gasteiger partial charge in [-0.15, -0.1) is 0 Å². The Balaban J connectivity index is 1.91. The molecule has 1 amide bonds. The summed E-state index contributed by atoms with van der Waals surface area (Å²) in [6.45, 7) is -0.545. The molecule has 1 N–H and O–H groups in total. The topological polar surface area (TPSA) is 64.6 Å². The van der Waals surface area contributed by atoms with Crippen molar-refractivity contribution in [2.24, 2.45) is 0 Å². The van der Waals surface area contributed by atoms with Crippen LogP contribution in [0.2, 0.25) is 5.02 Å². The molecule has 7 heteroatoms. The van der Waals surface area contributed by atoms with Crippen molar-refractivity contribution in [3.05, 3.63) is 58.9 Å². The summed E-state index contributed by atoms with van der Waals surface area (Å²) in [5.74, 6) is -1.72. The predicted octanol–water partition coefficient (Wildman–Crippen LogP) is 3.28. The number of anilines is 1. The molecule has 0 saturated heterocycles. The summed E-state index contributed by atoms with van der Waals surface area (Å²) in [4.78, 5) is 23.4. The lowest BCUT2D eigenvalue weighted by atomic mass is 10.2. The fourth-order valence-electron chi connectivity index (χ4n) is 1.78. The summed E-state index contributed by atoms with van der Waals surface area (Å²) in [5, 5.41) is 2.83. The van der Waals surface area contributed by atoms with Crippen molar-refractivity contribution in [1.29, 1.82) is 0 Å². The zero-order valence-corrected chi connectivity index (χ0v) is 12.9. The quantitative estimate of drug-likeness (QED) is 0.850. The molecule has 0 aliphatic rings. The van der Waals surface area contributed by atoms with Gasteiger partial charge in [0.1, 0.15) is 11.6 Å². The molecule has 2 aromatic rings. The molecule has 0 radical (unpaired) electrons. The van der Waals surface area contributed by atoms with Gasteiger partial charge in [-0.25, -0.2) is 9.18 Å². The number of amides is 1. The Labute approximate surface area is 137 Å². The van der Waals surface area contributed by atoms with Gasteiger partial charge in [-0.05, 0) is 30.3 Å². The minimum atomic E-state index is -0.911. The largest absolute Gasteiger partial charge is 0.495 e. The van der Waals surface area contributed by atoms with Crippen LogP contribution >= 0.6 is 11.6 Å². The standard InChI is InChI=1S/C16H13ClFNO4/c1-22-14-7-6-10(8-12(14)17)19-15(20)9-23-16(21)11-4-2-3-5-13(11)18/h2-8H,9H2,1H3,(H,19,20). The fraction of sp³-hybridized carbons (Fsp3) is 0.125. The van der Waals surface area contributed by atoms with Crippen LogP contribution in [-0.2, 0) is 9.53 Å². The first-order valence-corrected chi connectivity index (χ1v) is 6.94. The lowest BCUT2D eigenvalue weighted by molar-refractivity contribution is -0.119. The van der Waals surface area contributed by atoms with Crippen molar-refractivity contribution in [1.82, 2.24) is 0 Å². The molecule has 23 heavy (non-hydrogen) atoms. The third kappa shape index (κ3) is 4.43. The van der Waals surface area contributed by atoms with E-state index in [2.05, 4.69) is 5.32 Å². The number of methoxy groups -OCH3 is 1. The molecule has 5 nitrogen and oxygen atoms in total. The van der Waals surface area contributed by atoms with E-state index in [1.807, 2.05) is 0 Å². The van der Waals surface area contributed by atoms with E-state index in [0.717, 1.165) is 6.07 Å². The van der Waals surface area contributed by atoms with Gasteiger partial charge in [0.2, 0.25) is 0 Å². The second-order valence-corrected chi connectivity index (χ2v) is 4.86. The Morgan fingerprint density at radius 1 is 1.22 bits per heavy atom.